The van der Waals surface area contributed by atoms with Crippen LogP contribution in [0.4, 0.5) is 32.2 Å². The van der Waals surface area contributed by atoms with Crippen molar-refractivity contribution in [2.24, 2.45) is 0 Å². The fourth-order valence-electron chi connectivity index (χ4n) is 3.94. The van der Waals surface area contributed by atoms with Gasteiger partial charge in [0.2, 0.25) is 5.95 Å². The van der Waals surface area contributed by atoms with Crippen molar-refractivity contribution in [3.8, 4) is 0 Å². The molecule has 2 fully saturated rings. The molecule has 0 amide bonds. The SMILES string of the molecule is Nc1nc(Nc2cc(C3CC3)[nH]n2)cc(N2CCCC2c2ccc(F)cc2F)n1. The van der Waals surface area contributed by atoms with Crippen LogP contribution in [-0.4, -0.2) is 26.7 Å². The van der Waals surface area contributed by atoms with Crippen LogP contribution in [0.1, 0.15) is 48.9 Å². The Kier molecular flexibility index (Phi) is 4.30. The quantitative estimate of drug-likeness (QED) is 0.602. The van der Waals surface area contributed by atoms with Gasteiger partial charge in [-0.1, -0.05) is 6.07 Å². The minimum Gasteiger partial charge on any atom is -0.368 e. The third-order valence-corrected chi connectivity index (χ3v) is 5.47. The van der Waals surface area contributed by atoms with E-state index in [2.05, 4.69) is 25.5 Å². The number of hydrogen-bond donors (Lipinski definition) is 3. The molecule has 3 aromatic rings. The van der Waals surface area contributed by atoms with Crippen LogP contribution in [0.15, 0.2) is 30.3 Å². The molecule has 1 saturated carbocycles. The predicted molar refractivity (Wildman–Crippen MR) is 106 cm³/mol. The molecule has 1 aromatic carbocycles. The third-order valence-electron chi connectivity index (χ3n) is 5.47. The summed E-state index contributed by atoms with van der Waals surface area (Å²) >= 11 is 0. The molecule has 0 spiro atoms. The lowest BCUT2D eigenvalue weighted by Gasteiger charge is -2.26. The maximum Gasteiger partial charge on any atom is 0.223 e. The first kappa shape index (κ1) is 17.8. The van der Waals surface area contributed by atoms with Crippen molar-refractivity contribution >= 4 is 23.4 Å². The van der Waals surface area contributed by atoms with E-state index in [9.17, 15) is 8.78 Å². The largest absolute Gasteiger partial charge is 0.368 e. The lowest BCUT2D eigenvalue weighted by Crippen LogP contribution is -2.25. The molecule has 2 aromatic heterocycles. The summed E-state index contributed by atoms with van der Waals surface area (Å²) in [6.45, 7) is 0.700. The molecule has 1 aliphatic heterocycles. The zero-order valence-corrected chi connectivity index (χ0v) is 15.7. The zero-order valence-electron chi connectivity index (χ0n) is 15.7. The molecule has 9 heteroatoms. The van der Waals surface area contributed by atoms with Crippen LogP contribution in [0.25, 0.3) is 0 Å². The van der Waals surface area contributed by atoms with E-state index in [0.717, 1.165) is 24.6 Å². The Morgan fingerprint density at radius 3 is 2.72 bits per heavy atom. The van der Waals surface area contributed by atoms with Crippen molar-refractivity contribution in [3.05, 3.63) is 53.2 Å². The highest BCUT2D eigenvalue weighted by Crippen LogP contribution is 2.40. The number of hydrogen-bond acceptors (Lipinski definition) is 6. The molecule has 1 atom stereocenters. The summed E-state index contributed by atoms with van der Waals surface area (Å²) in [5, 5.41) is 10.5. The smallest absolute Gasteiger partial charge is 0.223 e. The number of aromatic nitrogens is 4. The molecule has 0 bridgehead atoms. The lowest BCUT2D eigenvalue weighted by molar-refractivity contribution is 0.553. The number of nitrogens with two attached hydrogens (primary N) is 1. The van der Waals surface area contributed by atoms with Gasteiger partial charge in [-0.25, -0.2) is 8.78 Å². The van der Waals surface area contributed by atoms with E-state index < -0.39 is 11.6 Å². The number of rotatable bonds is 5. The summed E-state index contributed by atoms with van der Waals surface area (Å²) in [7, 11) is 0. The number of nitrogen functional groups attached to an aromatic ring is 1. The van der Waals surface area contributed by atoms with Gasteiger partial charge in [0, 0.05) is 41.9 Å². The molecular weight excluding hydrogens is 376 g/mol. The number of nitrogens with one attached hydrogen (secondary N) is 2. The summed E-state index contributed by atoms with van der Waals surface area (Å²) in [5.74, 6) is 1.34. The first-order valence-electron chi connectivity index (χ1n) is 9.75. The van der Waals surface area contributed by atoms with Crippen LogP contribution < -0.4 is 16.0 Å². The molecule has 1 unspecified atom stereocenters. The van der Waals surface area contributed by atoms with E-state index in [-0.39, 0.29) is 12.0 Å². The first-order valence-corrected chi connectivity index (χ1v) is 9.75. The van der Waals surface area contributed by atoms with Crippen LogP contribution in [-0.2, 0) is 0 Å². The van der Waals surface area contributed by atoms with Crippen molar-refractivity contribution in [3.63, 3.8) is 0 Å². The van der Waals surface area contributed by atoms with Gasteiger partial charge < -0.3 is 16.0 Å². The lowest BCUT2D eigenvalue weighted by atomic mass is 10.0. The molecule has 3 heterocycles. The summed E-state index contributed by atoms with van der Waals surface area (Å²) in [5.41, 5.74) is 7.50. The summed E-state index contributed by atoms with van der Waals surface area (Å²) in [6, 6.07) is 7.22. The number of nitrogens with zero attached hydrogens (tertiary/aromatic N) is 4. The second-order valence-corrected chi connectivity index (χ2v) is 7.59. The predicted octanol–water partition coefficient (Wildman–Crippen LogP) is 4.02. The fraction of sp³-hybridized carbons (Fsp3) is 0.350. The molecule has 29 heavy (non-hydrogen) atoms. The Morgan fingerprint density at radius 2 is 1.93 bits per heavy atom. The van der Waals surface area contributed by atoms with Gasteiger partial charge in [0.15, 0.2) is 5.82 Å². The minimum absolute atomic E-state index is 0.119. The van der Waals surface area contributed by atoms with E-state index >= 15 is 0 Å². The van der Waals surface area contributed by atoms with E-state index in [1.54, 1.807) is 6.07 Å². The van der Waals surface area contributed by atoms with Gasteiger partial charge in [0.25, 0.3) is 0 Å². The number of aromatic amines is 1. The van der Waals surface area contributed by atoms with Crippen molar-refractivity contribution in [1.82, 2.24) is 20.2 Å². The van der Waals surface area contributed by atoms with Gasteiger partial charge in [-0.2, -0.15) is 15.1 Å². The highest BCUT2D eigenvalue weighted by atomic mass is 19.1. The van der Waals surface area contributed by atoms with E-state index in [1.807, 2.05) is 11.0 Å². The zero-order chi connectivity index (χ0) is 20.0. The monoisotopic (exact) mass is 397 g/mol. The Balaban J connectivity index is 1.42. The molecule has 7 nitrogen and oxygen atoms in total. The van der Waals surface area contributed by atoms with Gasteiger partial charge in [0.05, 0.1) is 6.04 Å². The summed E-state index contributed by atoms with van der Waals surface area (Å²) < 4.78 is 27.7. The maximum absolute atomic E-state index is 14.4. The molecule has 2 aliphatic rings. The van der Waals surface area contributed by atoms with Gasteiger partial charge >= 0.3 is 0 Å². The van der Waals surface area contributed by atoms with Crippen LogP contribution in [0.5, 0.6) is 0 Å². The minimum atomic E-state index is -0.585. The van der Waals surface area contributed by atoms with E-state index in [0.29, 0.717) is 35.5 Å². The molecule has 1 saturated heterocycles. The second-order valence-electron chi connectivity index (χ2n) is 7.59. The van der Waals surface area contributed by atoms with Gasteiger partial charge in [0.1, 0.15) is 23.3 Å². The number of benzene rings is 1. The van der Waals surface area contributed by atoms with Crippen molar-refractivity contribution in [1.29, 1.82) is 0 Å². The number of H-pyrrole nitrogens is 1. The Morgan fingerprint density at radius 1 is 1.07 bits per heavy atom. The summed E-state index contributed by atoms with van der Waals surface area (Å²) in [4.78, 5) is 10.6. The van der Waals surface area contributed by atoms with E-state index in [1.165, 1.54) is 25.0 Å². The average molecular weight is 397 g/mol. The van der Waals surface area contributed by atoms with Gasteiger partial charge in [-0.15, -0.1) is 0 Å². The standard InChI is InChI=1S/C20H21F2N7/c21-12-5-6-13(14(22)8-12)16-2-1-7-29(16)19-10-17(25-20(23)26-19)24-18-9-15(27-28-18)11-3-4-11/h5-6,8-11,16H,1-4,7H2,(H4,23,24,25,26,27,28). The molecule has 0 radical (unpaired) electrons. The molecule has 4 N–H and O–H groups in total. The number of halogens is 2. The summed E-state index contributed by atoms with van der Waals surface area (Å²) in [6.07, 6.45) is 3.99. The van der Waals surface area contributed by atoms with Gasteiger partial charge in [-0.3, -0.25) is 5.10 Å². The average Bonchev–Trinajstić information content (AvgIpc) is 3.22. The van der Waals surface area contributed by atoms with Crippen molar-refractivity contribution in [2.75, 3.05) is 22.5 Å². The Bertz CT molecular complexity index is 1050. The highest BCUT2D eigenvalue weighted by molar-refractivity contribution is 5.60. The third kappa shape index (κ3) is 3.59. The number of anilines is 4. The molecular formula is C20H21F2N7. The van der Waals surface area contributed by atoms with Crippen LogP contribution in [0.3, 0.4) is 0 Å². The Hall–Kier alpha value is -3.23. The molecule has 150 valence electrons. The van der Waals surface area contributed by atoms with Crippen molar-refractivity contribution < 1.29 is 8.78 Å². The van der Waals surface area contributed by atoms with E-state index in [4.69, 9.17) is 5.73 Å². The molecule has 1 aliphatic carbocycles. The molecule has 5 rings (SSSR count). The van der Waals surface area contributed by atoms with Crippen molar-refractivity contribution in [2.45, 2.75) is 37.6 Å². The second kappa shape index (κ2) is 6.98. The fourth-order valence-corrected chi connectivity index (χ4v) is 3.94. The van der Waals surface area contributed by atoms with Crippen LogP contribution in [0, 0.1) is 11.6 Å². The topological polar surface area (TPSA) is 95.7 Å². The van der Waals surface area contributed by atoms with Crippen LogP contribution >= 0.6 is 0 Å². The maximum atomic E-state index is 14.4. The van der Waals surface area contributed by atoms with Crippen LogP contribution in [0.2, 0.25) is 0 Å². The highest BCUT2D eigenvalue weighted by Gasteiger charge is 2.30. The Labute approximate surface area is 166 Å². The van der Waals surface area contributed by atoms with Gasteiger partial charge in [-0.05, 0) is 31.7 Å². The normalized spacial score (nSPS) is 19.0. The first-order chi connectivity index (χ1) is 14.1.